The molecule has 0 aromatic heterocycles. The lowest BCUT2D eigenvalue weighted by molar-refractivity contribution is -0.121. The first-order valence-corrected chi connectivity index (χ1v) is 7.57. The fourth-order valence-electron chi connectivity index (χ4n) is 2.58. The molecule has 0 heterocycles. The second-order valence-electron chi connectivity index (χ2n) is 4.40. The van der Waals surface area contributed by atoms with Crippen molar-refractivity contribution in [2.75, 3.05) is 21.3 Å². The number of carbonyl (C=O) groups excluding carboxylic acids is 1. The van der Waals surface area contributed by atoms with Crippen LogP contribution in [0.5, 0.6) is 0 Å². The molecule has 0 spiro atoms. The van der Waals surface area contributed by atoms with Gasteiger partial charge in [0.2, 0.25) is 0 Å². The van der Waals surface area contributed by atoms with E-state index in [1.54, 1.807) is 21.3 Å². The molecule has 1 saturated carbocycles. The maximum Gasteiger partial charge on any atom is 0.503 e. The van der Waals surface area contributed by atoms with Crippen molar-refractivity contribution >= 4 is 14.6 Å². The van der Waals surface area contributed by atoms with Crippen LogP contribution in [-0.4, -0.2) is 35.9 Å². The van der Waals surface area contributed by atoms with Crippen LogP contribution in [0.3, 0.4) is 0 Å². The summed E-state index contributed by atoms with van der Waals surface area (Å²) in [6, 6.07) is 0. The Balaban J connectivity index is 2.73. The molecular formula is C11H22O4Si. The van der Waals surface area contributed by atoms with Crippen LogP contribution in [0, 0.1) is 5.92 Å². The third-order valence-electron chi connectivity index (χ3n) is 3.64. The summed E-state index contributed by atoms with van der Waals surface area (Å²) in [5.74, 6) is 0.696. The highest BCUT2D eigenvalue weighted by molar-refractivity contribution is 6.62. The van der Waals surface area contributed by atoms with E-state index in [0.29, 0.717) is 18.1 Å². The average molecular weight is 246 g/mol. The topological polar surface area (TPSA) is 44.8 Å². The number of ketones is 1. The summed E-state index contributed by atoms with van der Waals surface area (Å²) in [4.78, 5) is 11.5. The molecule has 0 N–H and O–H groups in total. The molecule has 0 bridgehead atoms. The van der Waals surface area contributed by atoms with Gasteiger partial charge in [-0.2, -0.15) is 0 Å². The third kappa shape index (κ3) is 2.71. The second kappa shape index (κ2) is 5.91. The van der Waals surface area contributed by atoms with Crippen molar-refractivity contribution in [3.8, 4) is 0 Å². The lowest BCUT2D eigenvalue weighted by Gasteiger charge is -2.36. The van der Waals surface area contributed by atoms with Crippen molar-refractivity contribution in [3.63, 3.8) is 0 Å². The van der Waals surface area contributed by atoms with E-state index in [0.717, 1.165) is 19.3 Å². The normalized spacial score (nSPS) is 24.5. The minimum Gasteiger partial charge on any atom is -0.377 e. The molecule has 0 radical (unpaired) electrons. The van der Waals surface area contributed by atoms with Crippen LogP contribution < -0.4 is 0 Å². The Hall–Kier alpha value is -0.233. The third-order valence-corrected chi connectivity index (χ3v) is 6.93. The van der Waals surface area contributed by atoms with Crippen LogP contribution in [0.4, 0.5) is 0 Å². The Morgan fingerprint density at radius 1 is 1.25 bits per heavy atom. The minimum absolute atomic E-state index is 0.178. The molecule has 1 rings (SSSR count). The van der Waals surface area contributed by atoms with E-state index in [4.69, 9.17) is 13.3 Å². The lowest BCUT2D eigenvalue weighted by Crippen LogP contribution is -2.49. The molecule has 4 nitrogen and oxygen atoms in total. The van der Waals surface area contributed by atoms with Crippen LogP contribution in [0.2, 0.25) is 5.54 Å². The van der Waals surface area contributed by atoms with Gasteiger partial charge in [0.05, 0.1) is 0 Å². The van der Waals surface area contributed by atoms with Gasteiger partial charge in [-0.1, -0.05) is 6.92 Å². The highest BCUT2D eigenvalue weighted by atomic mass is 28.4. The fourth-order valence-corrected chi connectivity index (χ4v) is 5.06. The highest BCUT2D eigenvalue weighted by Gasteiger charge is 2.48. The van der Waals surface area contributed by atoms with Gasteiger partial charge in [0.1, 0.15) is 5.78 Å². The Kier molecular flexibility index (Phi) is 5.11. The second-order valence-corrected chi connectivity index (χ2v) is 7.74. The summed E-state index contributed by atoms with van der Waals surface area (Å²) in [5, 5.41) is 0. The van der Waals surface area contributed by atoms with Crippen molar-refractivity contribution < 1.29 is 18.1 Å². The SMILES string of the molecule is CO[Si](OC)(OC)C(C)C1CCCC(=O)C1. The molecule has 0 saturated heterocycles. The van der Waals surface area contributed by atoms with Crippen LogP contribution >= 0.6 is 0 Å². The van der Waals surface area contributed by atoms with Gasteiger partial charge < -0.3 is 13.3 Å². The smallest absolute Gasteiger partial charge is 0.377 e. The van der Waals surface area contributed by atoms with Gasteiger partial charge in [-0.3, -0.25) is 4.79 Å². The number of carbonyl (C=O) groups is 1. The van der Waals surface area contributed by atoms with E-state index in [-0.39, 0.29) is 5.54 Å². The predicted octanol–water partition coefficient (Wildman–Crippen LogP) is 2.01. The zero-order valence-corrected chi connectivity index (χ0v) is 11.6. The Morgan fingerprint density at radius 3 is 2.25 bits per heavy atom. The van der Waals surface area contributed by atoms with E-state index in [9.17, 15) is 4.79 Å². The summed E-state index contributed by atoms with van der Waals surface area (Å²) in [5.41, 5.74) is 0.178. The molecule has 0 aliphatic heterocycles. The van der Waals surface area contributed by atoms with Crippen LogP contribution in [0.1, 0.15) is 32.6 Å². The molecule has 0 aromatic rings. The summed E-state index contributed by atoms with van der Waals surface area (Å²) in [6.45, 7) is 2.08. The quantitative estimate of drug-likeness (QED) is 0.696. The van der Waals surface area contributed by atoms with E-state index in [1.165, 1.54) is 0 Å². The largest absolute Gasteiger partial charge is 0.503 e. The summed E-state index contributed by atoms with van der Waals surface area (Å²) >= 11 is 0. The first kappa shape index (κ1) is 13.8. The number of rotatable bonds is 5. The molecular weight excluding hydrogens is 224 g/mol. The van der Waals surface area contributed by atoms with E-state index >= 15 is 0 Å². The number of Topliss-reactive ketones (excluding diaryl/α,β-unsaturated/α-hetero) is 1. The first-order chi connectivity index (χ1) is 7.59. The number of hydrogen-bond acceptors (Lipinski definition) is 4. The van der Waals surface area contributed by atoms with Gasteiger partial charge in [-0.05, 0) is 18.8 Å². The van der Waals surface area contributed by atoms with Crippen LogP contribution in [-0.2, 0) is 18.1 Å². The minimum atomic E-state index is -2.59. The van der Waals surface area contributed by atoms with Gasteiger partial charge >= 0.3 is 8.80 Å². The van der Waals surface area contributed by atoms with Crippen LogP contribution in [0.15, 0.2) is 0 Å². The molecule has 1 aliphatic carbocycles. The Morgan fingerprint density at radius 2 is 1.81 bits per heavy atom. The average Bonchev–Trinajstić information content (AvgIpc) is 2.32. The molecule has 2 atom stereocenters. The molecule has 5 heteroatoms. The maximum atomic E-state index is 11.5. The molecule has 0 aromatic carbocycles. The maximum absolute atomic E-state index is 11.5. The summed E-state index contributed by atoms with van der Waals surface area (Å²) < 4.78 is 16.4. The lowest BCUT2D eigenvalue weighted by atomic mass is 9.86. The van der Waals surface area contributed by atoms with Gasteiger partial charge in [-0.15, -0.1) is 0 Å². The van der Waals surface area contributed by atoms with E-state index in [1.807, 2.05) is 0 Å². The zero-order valence-electron chi connectivity index (χ0n) is 10.6. The highest BCUT2D eigenvalue weighted by Crippen LogP contribution is 2.38. The van der Waals surface area contributed by atoms with Gasteiger partial charge in [-0.25, -0.2) is 0 Å². The molecule has 0 amide bonds. The van der Waals surface area contributed by atoms with Gasteiger partial charge in [0, 0.05) is 39.7 Å². The Labute approximate surface area is 98.6 Å². The molecule has 1 aliphatic rings. The van der Waals surface area contributed by atoms with Gasteiger partial charge in [0.25, 0.3) is 0 Å². The van der Waals surface area contributed by atoms with Crippen molar-refractivity contribution in [2.24, 2.45) is 5.92 Å². The van der Waals surface area contributed by atoms with Crippen LogP contribution in [0.25, 0.3) is 0 Å². The number of hydrogen-bond donors (Lipinski definition) is 0. The fraction of sp³-hybridized carbons (Fsp3) is 0.909. The molecule has 16 heavy (non-hydrogen) atoms. The first-order valence-electron chi connectivity index (χ1n) is 5.76. The summed E-state index contributed by atoms with van der Waals surface area (Å²) in [7, 11) is 2.29. The summed E-state index contributed by atoms with van der Waals surface area (Å²) in [6.07, 6.45) is 3.42. The molecule has 94 valence electrons. The van der Waals surface area contributed by atoms with E-state index in [2.05, 4.69) is 6.92 Å². The zero-order chi connectivity index (χ0) is 12.2. The predicted molar refractivity (Wildman–Crippen MR) is 63.2 cm³/mol. The van der Waals surface area contributed by atoms with Crippen molar-refractivity contribution in [1.82, 2.24) is 0 Å². The Bertz CT molecular complexity index is 232. The molecule has 2 unspecified atom stereocenters. The van der Waals surface area contributed by atoms with Crippen molar-refractivity contribution in [2.45, 2.75) is 38.1 Å². The standard InChI is InChI=1S/C11H22O4Si/c1-9(16(13-2,14-3)15-4)10-6-5-7-11(12)8-10/h9-10H,5-8H2,1-4H3. The monoisotopic (exact) mass is 246 g/mol. The van der Waals surface area contributed by atoms with Gasteiger partial charge in [0.15, 0.2) is 0 Å². The van der Waals surface area contributed by atoms with Crippen molar-refractivity contribution in [3.05, 3.63) is 0 Å². The molecule has 1 fully saturated rings. The van der Waals surface area contributed by atoms with E-state index < -0.39 is 8.80 Å². The van der Waals surface area contributed by atoms with Crippen molar-refractivity contribution in [1.29, 1.82) is 0 Å².